The summed E-state index contributed by atoms with van der Waals surface area (Å²) in [5.74, 6) is 1.25. The summed E-state index contributed by atoms with van der Waals surface area (Å²) in [6.45, 7) is 0.0616. The fourth-order valence-corrected chi connectivity index (χ4v) is 1.30. The average Bonchev–Trinajstić information content (AvgIpc) is 2.87. The van der Waals surface area contributed by atoms with Gasteiger partial charge in [-0.3, -0.25) is 10.2 Å². The van der Waals surface area contributed by atoms with Crippen molar-refractivity contribution in [3.63, 3.8) is 0 Å². The van der Waals surface area contributed by atoms with Gasteiger partial charge in [-0.2, -0.15) is 10.2 Å². The van der Waals surface area contributed by atoms with Gasteiger partial charge in [-0.05, 0) is 6.42 Å². The molecule has 2 aromatic rings. The number of aromatic amines is 2. The van der Waals surface area contributed by atoms with Crippen molar-refractivity contribution in [3.8, 4) is 0 Å². The van der Waals surface area contributed by atoms with Gasteiger partial charge in [0.25, 0.3) is 0 Å². The minimum atomic E-state index is -0.106. The third-order valence-corrected chi connectivity index (χ3v) is 1.95. The first-order chi connectivity index (χ1) is 6.92. The fourth-order valence-electron chi connectivity index (χ4n) is 1.30. The number of hydrogen-bond donors (Lipinski definition) is 3. The highest BCUT2D eigenvalue weighted by molar-refractivity contribution is 5.07. The van der Waals surface area contributed by atoms with Gasteiger partial charge in [-0.15, -0.1) is 0 Å². The van der Waals surface area contributed by atoms with Crippen LogP contribution in [0, 0.1) is 0 Å². The molecule has 0 aliphatic heterocycles. The highest BCUT2D eigenvalue weighted by Gasteiger charge is 2.18. The number of nitrogens with one attached hydrogen (secondary N) is 2. The van der Waals surface area contributed by atoms with E-state index in [1.807, 2.05) is 0 Å². The van der Waals surface area contributed by atoms with Crippen molar-refractivity contribution < 1.29 is 5.11 Å². The van der Waals surface area contributed by atoms with E-state index in [2.05, 4.69) is 30.4 Å². The maximum absolute atomic E-state index is 8.91. The zero-order valence-corrected chi connectivity index (χ0v) is 7.38. The first-order valence-corrected chi connectivity index (χ1v) is 4.23. The van der Waals surface area contributed by atoms with Crippen molar-refractivity contribution in [1.29, 1.82) is 0 Å². The summed E-state index contributed by atoms with van der Waals surface area (Å²) >= 11 is 0. The van der Waals surface area contributed by atoms with E-state index in [-0.39, 0.29) is 12.5 Å². The van der Waals surface area contributed by atoms with E-state index in [0.717, 1.165) is 0 Å². The van der Waals surface area contributed by atoms with Crippen LogP contribution < -0.4 is 0 Å². The summed E-state index contributed by atoms with van der Waals surface area (Å²) in [7, 11) is 0. The Morgan fingerprint density at radius 1 is 1.14 bits per heavy atom. The number of nitrogens with zero attached hydrogens (tertiary/aromatic N) is 4. The number of aliphatic hydroxyl groups excluding tert-OH is 1. The minimum Gasteiger partial charge on any atom is -0.396 e. The predicted octanol–water partition coefficient (Wildman–Crippen LogP) is -0.563. The molecule has 2 aromatic heterocycles. The monoisotopic (exact) mass is 194 g/mol. The smallest absolute Gasteiger partial charge is 0.137 e. The molecule has 74 valence electrons. The van der Waals surface area contributed by atoms with Crippen LogP contribution in [-0.2, 0) is 0 Å². The topological polar surface area (TPSA) is 103 Å². The fraction of sp³-hybridized carbons (Fsp3) is 0.429. The molecule has 0 unspecified atom stereocenters. The van der Waals surface area contributed by atoms with Crippen molar-refractivity contribution >= 4 is 0 Å². The van der Waals surface area contributed by atoms with Crippen LogP contribution in [-0.4, -0.2) is 42.1 Å². The second-order valence-corrected chi connectivity index (χ2v) is 2.81. The van der Waals surface area contributed by atoms with Crippen LogP contribution in [0.25, 0.3) is 0 Å². The van der Waals surface area contributed by atoms with Gasteiger partial charge < -0.3 is 5.11 Å². The van der Waals surface area contributed by atoms with Crippen LogP contribution in [0.4, 0.5) is 0 Å². The first-order valence-electron chi connectivity index (χ1n) is 4.23. The lowest BCUT2D eigenvalue weighted by atomic mass is 10.1. The molecule has 0 spiro atoms. The molecule has 14 heavy (non-hydrogen) atoms. The van der Waals surface area contributed by atoms with Crippen LogP contribution in [0.2, 0.25) is 0 Å². The lowest BCUT2D eigenvalue weighted by Gasteiger charge is -2.08. The molecule has 7 heteroatoms. The maximum atomic E-state index is 8.91. The summed E-state index contributed by atoms with van der Waals surface area (Å²) in [5, 5.41) is 21.9. The molecule has 0 fully saturated rings. The van der Waals surface area contributed by atoms with E-state index < -0.39 is 0 Å². The third-order valence-electron chi connectivity index (χ3n) is 1.95. The normalized spacial score (nSPS) is 11.0. The summed E-state index contributed by atoms with van der Waals surface area (Å²) in [6, 6.07) is 0. The second kappa shape index (κ2) is 3.97. The Bertz CT molecular complexity index is 321. The Balaban J connectivity index is 2.25. The van der Waals surface area contributed by atoms with Crippen LogP contribution >= 0.6 is 0 Å². The number of aliphatic hydroxyl groups is 1. The molecular formula is C7H10N6O. The summed E-state index contributed by atoms with van der Waals surface area (Å²) in [6.07, 6.45) is 3.39. The second-order valence-electron chi connectivity index (χ2n) is 2.81. The molecular weight excluding hydrogens is 184 g/mol. The van der Waals surface area contributed by atoms with E-state index in [0.29, 0.717) is 18.1 Å². The van der Waals surface area contributed by atoms with Crippen molar-refractivity contribution in [3.05, 3.63) is 24.3 Å². The molecule has 0 bridgehead atoms. The Hall–Kier alpha value is -1.76. The van der Waals surface area contributed by atoms with Gasteiger partial charge in [0.05, 0.1) is 5.92 Å². The predicted molar refractivity (Wildman–Crippen MR) is 46.3 cm³/mol. The van der Waals surface area contributed by atoms with E-state index in [1.165, 1.54) is 12.7 Å². The largest absolute Gasteiger partial charge is 0.396 e. The molecule has 0 radical (unpaired) electrons. The molecule has 0 aromatic carbocycles. The lowest BCUT2D eigenvalue weighted by Crippen LogP contribution is -2.07. The van der Waals surface area contributed by atoms with Gasteiger partial charge in [-0.1, -0.05) is 0 Å². The standard InChI is InChI=1S/C7H10N6O/c14-2-1-5(6-8-3-10-12-6)7-9-4-11-13-7/h3-5,14H,1-2H2,(H,8,10,12)(H,9,11,13). The van der Waals surface area contributed by atoms with Gasteiger partial charge in [0, 0.05) is 6.61 Å². The van der Waals surface area contributed by atoms with Crippen molar-refractivity contribution in [1.82, 2.24) is 30.4 Å². The lowest BCUT2D eigenvalue weighted by molar-refractivity contribution is 0.278. The van der Waals surface area contributed by atoms with Crippen LogP contribution in [0.1, 0.15) is 24.0 Å². The van der Waals surface area contributed by atoms with E-state index in [9.17, 15) is 0 Å². The van der Waals surface area contributed by atoms with Crippen LogP contribution in [0.5, 0.6) is 0 Å². The highest BCUT2D eigenvalue weighted by Crippen LogP contribution is 2.20. The average molecular weight is 194 g/mol. The van der Waals surface area contributed by atoms with Gasteiger partial charge in [-0.25, -0.2) is 9.97 Å². The zero-order chi connectivity index (χ0) is 9.80. The molecule has 0 aliphatic carbocycles. The SMILES string of the molecule is OCCC(c1ncn[nH]1)c1ncn[nH]1. The summed E-state index contributed by atoms with van der Waals surface area (Å²) in [4.78, 5) is 8.05. The summed E-state index contributed by atoms with van der Waals surface area (Å²) in [5.41, 5.74) is 0. The third kappa shape index (κ3) is 1.62. The molecule has 0 aliphatic rings. The molecule has 7 nitrogen and oxygen atoms in total. The quantitative estimate of drug-likeness (QED) is 0.605. The van der Waals surface area contributed by atoms with Gasteiger partial charge in [0.1, 0.15) is 24.3 Å². The van der Waals surface area contributed by atoms with Gasteiger partial charge in [0.15, 0.2) is 0 Å². The van der Waals surface area contributed by atoms with E-state index >= 15 is 0 Å². The molecule has 2 heterocycles. The number of hydrogen-bond acceptors (Lipinski definition) is 5. The van der Waals surface area contributed by atoms with Crippen molar-refractivity contribution in [2.24, 2.45) is 0 Å². The number of aromatic nitrogens is 6. The van der Waals surface area contributed by atoms with Crippen molar-refractivity contribution in [2.75, 3.05) is 6.61 Å². The Labute approximate surface area is 79.6 Å². The molecule has 3 N–H and O–H groups in total. The highest BCUT2D eigenvalue weighted by atomic mass is 16.3. The number of H-pyrrole nitrogens is 2. The number of rotatable bonds is 4. The molecule has 0 atom stereocenters. The zero-order valence-electron chi connectivity index (χ0n) is 7.38. The van der Waals surface area contributed by atoms with Crippen LogP contribution in [0.3, 0.4) is 0 Å². The molecule has 0 saturated heterocycles. The van der Waals surface area contributed by atoms with Crippen LogP contribution in [0.15, 0.2) is 12.7 Å². The molecule has 0 amide bonds. The Morgan fingerprint density at radius 2 is 1.71 bits per heavy atom. The van der Waals surface area contributed by atoms with E-state index in [1.54, 1.807) is 0 Å². The molecule has 2 rings (SSSR count). The van der Waals surface area contributed by atoms with Gasteiger partial charge in [0.2, 0.25) is 0 Å². The Kier molecular flexibility index (Phi) is 2.50. The Morgan fingerprint density at radius 3 is 2.07 bits per heavy atom. The summed E-state index contributed by atoms with van der Waals surface area (Å²) < 4.78 is 0. The molecule has 0 saturated carbocycles. The van der Waals surface area contributed by atoms with E-state index in [4.69, 9.17) is 5.11 Å². The first kappa shape index (κ1) is 8.82. The maximum Gasteiger partial charge on any atom is 0.137 e. The minimum absolute atomic E-state index is 0.0616. The van der Waals surface area contributed by atoms with Gasteiger partial charge >= 0.3 is 0 Å². The van der Waals surface area contributed by atoms with Crippen molar-refractivity contribution in [2.45, 2.75) is 12.3 Å².